The van der Waals surface area contributed by atoms with E-state index in [2.05, 4.69) is 48.6 Å². The lowest BCUT2D eigenvalue weighted by molar-refractivity contribution is 0.261. The van der Waals surface area contributed by atoms with E-state index in [1.807, 2.05) is 36.7 Å². The van der Waals surface area contributed by atoms with Gasteiger partial charge in [0.1, 0.15) is 30.3 Å². The van der Waals surface area contributed by atoms with Crippen LogP contribution < -0.4 is 15.4 Å². The molecule has 0 bridgehead atoms. The molecule has 1 aliphatic heterocycles. The van der Waals surface area contributed by atoms with Gasteiger partial charge in [-0.15, -0.1) is 44.4 Å². The van der Waals surface area contributed by atoms with Gasteiger partial charge >= 0.3 is 0 Å². The van der Waals surface area contributed by atoms with E-state index in [1.165, 1.54) is 0 Å². The third-order valence-corrected chi connectivity index (χ3v) is 5.49. The molecule has 172 valence electrons. The second kappa shape index (κ2) is 11.2. The standard InChI is InChI=1S/C21H29N9O.HI/c1-4-19-27-24-14-30(19)11-10-22-21(23-13-20-28-26-15(2)29(20)3)25-17-9-12-31-18-8-6-5-7-16(17)18;/h5-8,14,17H,4,9-13H2,1-3H3,(H2,22,23,25);1H. The highest BCUT2D eigenvalue weighted by molar-refractivity contribution is 14.0. The summed E-state index contributed by atoms with van der Waals surface area (Å²) in [6, 6.07) is 8.26. The van der Waals surface area contributed by atoms with Gasteiger partial charge in [-0.25, -0.2) is 4.99 Å². The lowest BCUT2D eigenvalue weighted by atomic mass is 10.0. The fraction of sp³-hybridized carbons (Fsp3) is 0.476. The highest BCUT2D eigenvalue weighted by Crippen LogP contribution is 2.31. The molecule has 4 rings (SSSR count). The smallest absolute Gasteiger partial charge is 0.192 e. The van der Waals surface area contributed by atoms with Crippen LogP contribution in [0.2, 0.25) is 0 Å². The molecule has 32 heavy (non-hydrogen) atoms. The zero-order valence-electron chi connectivity index (χ0n) is 18.7. The number of rotatable bonds is 7. The molecule has 1 aromatic carbocycles. The van der Waals surface area contributed by atoms with Crippen LogP contribution in [0.5, 0.6) is 5.75 Å². The van der Waals surface area contributed by atoms with Crippen LogP contribution in [0, 0.1) is 6.92 Å². The van der Waals surface area contributed by atoms with Crippen molar-refractivity contribution in [1.29, 1.82) is 0 Å². The maximum atomic E-state index is 5.80. The van der Waals surface area contributed by atoms with Gasteiger partial charge in [-0.3, -0.25) is 0 Å². The number of hydrogen-bond donors (Lipinski definition) is 2. The van der Waals surface area contributed by atoms with E-state index < -0.39 is 0 Å². The Morgan fingerprint density at radius 2 is 2.06 bits per heavy atom. The normalized spacial score (nSPS) is 15.5. The van der Waals surface area contributed by atoms with Crippen LogP contribution in [0.4, 0.5) is 0 Å². The van der Waals surface area contributed by atoms with Crippen LogP contribution in [0.3, 0.4) is 0 Å². The molecule has 3 aromatic rings. The molecular formula is C21H30IN9O. The van der Waals surface area contributed by atoms with Gasteiger partial charge in [-0.2, -0.15) is 0 Å². The summed E-state index contributed by atoms with van der Waals surface area (Å²) >= 11 is 0. The van der Waals surface area contributed by atoms with Crippen molar-refractivity contribution in [2.45, 2.75) is 45.8 Å². The van der Waals surface area contributed by atoms with Crippen molar-refractivity contribution in [2.24, 2.45) is 12.0 Å². The van der Waals surface area contributed by atoms with Crippen LogP contribution in [-0.2, 0) is 26.6 Å². The summed E-state index contributed by atoms with van der Waals surface area (Å²) in [7, 11) is 1.95. The third kappa shape index (κ3) is 5.56. The molecule has 3 heterocycles. The molecule has 0 saturated carbocycles. The molecule has 2 N–H and O–H groups in total. The number of ether oxygens (including phenoxy) is 1. The number of nitrogens with zero attached hydrogens (tertiary/aromatic N) is 7. The van der Waals surface area contributed by atoms with E-state index in [-0.39, 0.29) is 30.0 Å². The molecular weight excluding hydrogens is 521 g/mol. The number of guanidine groups is 1. The maximum absolute atomic E-state index is 5.80. The molecule has 0 spiro atoms. The summed E-state index contributed by atoms with van der Waals surface area (Å²) in [4.78, 5) is 4.79. The topological polar surface area (TPSA) is 107 Å². The van der Waals surface area contributed by atoms with E-state index in [0.717, 1.165) is 54.1 Å². The lowest BCUT2D eigenvalue weighted by Gasteiger charge is -2.28. The van der Waals surface area contributed by atoms with Crippen molar-refractivity contribution in [2.75, 3.05) is 13.2 Å². The first kappa shape index (κ1) is 24.0. The fourth-order valence-electron chi connectivity index (χ4n) is 3.58. The van der Waals surface area contributed by atoms with Gasteiger partial charge in [0.15, 0.2) is 11.8 Å². The molecule has 10 nitrogen and oxygen atoms in total. The van der Waals surface area contributed by atoms with E-state index in [4.69, 9.17) is 9.73 Å². The monoisotopic (exact) mass is 551 g/mol. The third-order valence-electron chi connectivity index (χ3n) is 5.49. The van der Waals surface area contributed by atoms with Gasteiger partial charge in [0.05, 0.1) is 12.6 Å². The number of benzene rings is 1. The predicted octanol–water partition coefficient (Wildman–Crippen LogP) is 2.15. The largest absolute Gasteiger partial charge is 0.493 e. The molecule has 11 heteroatoms. The zero-order valence-corrected chi connectivity index (χ0v) is 21.0. The number of aryl methyl sites for hydroxylation is 2. The van der Waals surface area contributed by atoms with Crippen LogP contribution in [0.15, 0.2) is 35.6 Å². The van der Waals surface area contributed by atoms with Gasteiger partial charge < -0.3 is 24.5 Å². The first-order chi connectivity index (χ1) is 15.2. The highest BCUT2D eigenvalue weighted by atomic mass is 127. The van der Waals surface area contributed by atoms with Gasteiger partial charge in [0, 0.05) is 38.5 Å². The number of fused-ring (bicyclic) bond motifs is 1. The van der Waals surface area contributed by atoms with Crippen LogP contribution in [0.25, 0.3) is 0 Å². The Morgan fingerprint density at radius 3 is 2.84 bits per heavy atom. The first-order valence-electron chi connectivity index (χ1n) is 10.6. The Bertz CT molecular complexity index is 1050. The second-order valence-electron chi connectivity index (χ2n) is 7.48. The van der Waals surface area contributed by atoms with Crippen molar-refractivity contribution in [3.8, 4) is 5.75 Å². The van der Waals surface area contributed by atoms with E-state index in [0.29, 0.717) is 19.7 Å². The molecule has 0 amide bonds. The number of para-hydroxylation sites is 1. The molecule has 0 fully saturated rings. The molecule has 2 aromatic heterocycles. The lowest BCUT2D eigenvalue weighted by Crippen LogP contribution is -2.42. The summed E-state index contributed by atoms with van der Waals surface area (Å²) in [6.45, 7) is 6.56. The number of halogens is 1. The molecule has 0 radical (unpaired) electrons. The summed E-state index contributed by atoms with van der Waals surface area (Å²) in [6.07, 6.45) is 3.48. The van der Waals surface area contributed by atoms with Crippen LogP contribution in [-0.4, -0.2) is 48.6 Å². The molecule has 1 aliphatic rings. The minimum absolute atomic E-state index is 0. The Kier molecular flexibility index (Phi) is 8.42. The Hall–Kier alpha value is -2.70. The number of hydrogen-bond acceptors (Lipinski definition) is 6. The number of nitrogens with one attached hydrogen (secondary N) is 2. The van der Waals surface area contributed by atoms with Gasteiger partial charge in [0.25, 0.3) is 0 Å². The summed E-state index contributed by atoms with van der Waals surface area (Å²) in [5, 5.41) is 23.5. The predicted molar refractivity (Wildman–Crippen MR) is 132 cm³/mol. The van der Waals surface area contributed by atoms with Crippen molar-refractivity contribution in [3.63, 3.8) is 0 Å². The Balaban J connectivity index is 0.00000289. The number of aliphatic imine (C=N–C) groups is 1. The molecule has 1 atom stereocenters. The van der Waals surface area contributed by atoms with Gasteiger partial charge in [0.2, 0.25) is 0 Å². The van der Waals surface area contributed by atoms with Gasteiger partial charge in [-0.1, -0.05) is 25.1 Å². The average Bonchev–Trinajstić information content (AvgIpc) is 3.38. The summed E-state index contributed by atoms with van der Waals surface area (Å²) in [5.74, 6) is 4.31. The van der Waals surface area contributed by atoms with E-state index in [9.17, 15) is 0 Å². The van der Waals surface area contributed by atoms with Crippen molar-refractivity contribution in [1.82, 2.24) is 40.2 Å². The van der Waals surface area contributed by atoms with E-state index in [1.54, 1.807) is 6.33 Å². The quantitative estimate of drug-likeness (QED) is 0.263. The van der Waals surface area contributed by atoms with E-state index >= 15 is 0 Å². The Labute approximate surface area is 204 Å². The molecule has 0 saturated heterocycles. The van der Waals surface area contributed by atoms with Crippen LogP contribution in [0.1, 0.15) is 42.4 Å². The average molecular weight is 551 g/mol. The van der Waals surface area contributed by atoms with Crippen molar-refractivity contribution < 1.29 is 4.74 Å². The highest BCUT2D eigenvalue weighted by Gasteiger charge is 2.22. The minimum Gasteiger partial charge on any atom is -0.493 e. The fourth-order valence-corrected chi connectivity index (χ4v) is 3.58. The molecule has 1 unspecified atom stereocenters. The minimum atomic E-state index is 0. The van der Waals surface area contributed by atoms with Crippen molar-refractivity contribution in [3.05, 3.63) is 53.6 Å². The SMILES string of the molecule is CCc1nncn1CCNC(=NCc1nnc(C)n1C)NC1CCOc2ccccc21.I. The molecule has 0 aliphatic carbocycles. The van der Waals surface area contributed by atoms with Gasteiger partial charge in [-0.05, 0) is 13.0 Å². The maximum Gasteiger partial charge on any atom is 0.192 e. The first-order valence-corrected chi connectivity index (χ1v) is 10.6. The summed E-state index contributed by atoms with van der Waals surface area (Å²) < 4.78 is 9.81. The Morgan fingerprint density at radius 1 is 1.22 bits per heavy atom. The zero-order chi connectivity index (χ0) is 21.6. The second-order valence-corrected chi connectivity index (χ2v) is 7.48. The number of aromatic nitrogens is 6. The van der Waals surface area contributed by atoms with Crippen LogP contribution >= 0.6 is 24.0 Å². The summed E-state index contributed by atoms with van der Waals surface area (Å²) in [5.41, 5.74) is 1.14. The van der Waals surface area contributed by atoms with Crippen molar-refractivity contribution >= 4 is 29.9 Å².